The second-order valence-electron chi connectivity index (χ2n) is 5.68. The number of methoxy groups -OCH3 is 1. The summed E-state index contributed by atoms with van der Waals surface area (Å²) in [6.45, 7) is 5.54. The number of carboxylic acid groups (broad SMARTS) is 1. The normalized spacial score (nSPS) is 11.6. The van der Waals surface area contributed by atoms with E-state index in [2.05, 4.69) is 0 Å². The van der Waals surface area contributed by atoms with E-state index in [1.165, 1.54) is 23.5 Å². The molecule has 0 atom stereocenters. The molecular formula is C17H26N2O6S. The summed E-state index contributed by atoms with van der Waals surface area (Å²) in [5, 5.41) is 9.01. The number of rotatable bonds is 10. The van der Waals surface area contributed by atoms with Gasteiger partial charge in [0.1, 0.15) is 6.54 Å². The van der Waals surface area contributed by atoms with Crippen molar-refractivity contribution in [1.82, 2.24) is 9.21 Å². The standard InChI is InChI=1S/C17H26N2O6S/c1-5-19(6-2)26(23,24)15-11-14(8-7-13(15)3)17(22)18(9-10-25-4)12-16(20)21/h7-8,11H,5-6,9-10,12H2,1-4H3,(H,20,21). The predicted molar refractivity (Wildman–Crippen MR) is 96.7 cm³/mol. The third kappa shape index (κ3) is 5.26. The molecule has 1 aromatic carbocycles. The molecule has 26 heavy (non-hydrogen) atoms. The number of sulfonamides is 1. The van der Waals surface area contributed by atoms with Gasteiger partial charge in [-0.15, -0.1) is 0 Å². The summed E-state index contributed by atoms with van der Waals surface area (Å²) in [4.78, 5) is 24.9. The number of ether oxygens (including phenoxy) is 1. The maximum Gasteiger partial charge on any atom is 0.323 e. The third-order valence-corrected chi connectivity index (χ3v) is 6.13. The summed E-state index contributed by atoms with van der Waals surface area (Å²) >= 11 is 0. The Hall–Kier alpha value is -1.97. The molecule has 8 nitrogen and oxygen atoms in total. The Morgan fingerprint density at radius 1 is 1.19 bits per heavy atom. The topological polar surface area (TPSA) is 104 Å². The van der Waals surface area contributed by atoms with Crippen LogP contribution in [0.1, 0.15) is 29.8 Å². The highest BCUT2D eigenvalue weighted by Gasteiger charge is 2.26. The number of aryl methyl sites for hydroxylation is 1. The highest BCUT2D eigenvalue weighted by molar-refractivity contribution is 7.89. The number of amides is 1. The van der Waals surface area contributed by atoms with E-state index < -0.39 is 28.4 Å². The molecule has 0 heterocycles. The minimum absolute atomic E-state index is 0.0501. The molecule has 1 aromatic rings. The predicted octanol–water partition coefficient (Wildman–Crippen LogP) is 1.20. The van der Waals surface area contributed by atoms with Crippen LogP contribution in [0.4, 0.5) is 0 Å². The van der Waals surface area contributed by atoms with E-state index in [4.69, 9.17) is 9.84 Å². The zero-order valence-electron chi connectivity index (χ0n) is 15.6. The summed E-state index contributed by atoms with van der Waals surface area (Å²) in [5.41, 5.74) is 0.647. The van der Waals surface area contributed by atoms with Crippen molar-refractivity contribution in [3.05, 3.63) is 29.3 Å². The van der Waals surface area contributed by atoms with Crippen molar-refractivity contribution in [3.8, 4) is 0 Å². The van der Waals surface area contributed by atoms with Gasteiger partial charge >= 0.3 is 5.97 Å². The smallest absolute Gasteiger partial charge is 0.323 e. The van der Waals surface area contributed by atoms with Gasteiger partial charge in [0.05, 0.1) is 11.5 Å². The molecular weight excluding hydrogens is 360 g/mol. The molecule has 1 amide bonds. The van der Waals surface area contributed by atoms with Crippen molar-refractivity contribution >= 4 is 21.9 Å². The first-order valence-corrected chi connectivity index (χ1v) is 9.73. The lowest BCUT2D eigenvalue weighted by atomic mass is 10.1. The second-order valence-corrected chi connectivity index (χ2v) is 7.59. The lowest BCUT2D eigenvalue weighted by molar-refractivity contribution is -0.137. The van der Waals surface area contributed by atoms with E-state index in [1.807, 2.05) is 0 Å². The fourth-order valence-electron chi connectivity index (χ4n) is 2.51. The van der Waals surface area contributed by atoms with Crippen LogP contribution in [0.2, 0.25) is 0 Å². The van der Waals surface area contributed by atoms with Crippen LogP contribution in [0, 0.1) is 6.92 Å². The molecule has 1 rings (SSSR count). The van der Waals surface area contributed by atoms with Gasteiger partial charge < -0.3 is 14.7 Å². The number of carboxylic acids is 1. The Balaban J connectivity index is 3.29. The SMILES string of the molecule is CCN(CC)S(=O)(=O)c1cc(C(=O)N(CCOC)CC(=O)O)ccc1C. The number of carbonyl (C=O) groups is 2. The van der Waals surface area contributed by atoms with Crippen LogP contribution in [-0.4, -0.2) is 74.5 Å². The number of carbonyl (C=O) groups excluding carboxylic acids is 1. The van der Waals surface area contributed by atoms with Crippen LogP contribution >= 0.6 is 0 Å². The van der Waals surface area contributed by atoms with Crippen LogP contribution in [-0.2, 0) is 19.6 Å². The van der Waals surface area contributed by atoms with Gasteiger partial charge in [-0.05, 0) is 24.6 Å². The largest absolute Gasteiger partial charge is 0.480 e. The van der Waals surface area contributed by atoms with Crippen molar-refractivity contribution < 1.29 is 27.9 Å². The first kappa shape index (κ1) is 22.1. The molecule has 1 N–H and O–H groups in total. The van der Waals surface area contributed by atoms with Crippen LogP contribution in [0.15, 0.2) is 23.1 Å². The van der Waals surface area contributed by atoms with E-state index in [9.17, 15) is 18.0 Å². The molecule has 0 fully saturated rings. The Bertz CT molecular complexity index is 744. The van der Waals surface area contributed by atoms with Gasteiger partial charge in [-0.2, -0.15) is 4.31 Å². The molecule has 146 valence electrons. The van der Waals surface area contributed by atoms with E-state index >= 15 is 0 Å². The van der Waals surface area contributed by atoms with Gasteiger partial charge in [0.25, 0.3) is 5.91 Å². The lowest BCUT2D eigenvalue weighted by Crippen LogP contribution is -2.38. The van der Waals surface area contributed by atoms with Gasteiger partial charge in [-0.1, -0.05) is 19.9 Å². The molecule has 0 aliphatic carbocycles. The molecule has 0 saturated heterocycles. The van der Waals surface area contributed by atoms with Crippen molar-refractivity contribution in [2.45, 2.75) is 25.7 Å². The molecule has 0 radical (unpaired) electrons. The molecule has 0 aliphatic heterocycles. The summed E-state index contributed by atoms with van der Waals surface area (Å²) in [5.74, 6) is -1.71. The van der Waals surface area contributed by atoms with Gasteiger partial charge in [-0.25, -0.2) is 8.42 Å². The minimum Gasteiger partial charge on any atom is -0.480 e. The molecule has 0 unspecified atom stereocenters. The van der Waals surface area contributed by atoms with Crippen molar-refractivity contribution in [2.24, 2.45) is 0 Å². The van der Waals surface area contributed by atoms with Crippen molar-refractivity contribution in [1.29, 1.82) is 0 Å². The molecule has 0 saturated carbocycles. The average Bonchev–Trinajstić information content (AvgIpc) is 2.58. The molecule has 0 spiro atoms. The highest BCUT2D eigenvalue weighted by Crippen LogP contribution is 2.22. The number of aliphatic carboxylic acids is 1. The minimum atomic E-state index is -3.73. The van der Waals surface area contributed by atoms with E-state index in [0.29, 0.717) is 18.7 Å². The van der Waals surface area contributed by atoms with Crippen molar-refractivity contribution in [3.63, 3.8) is 0 Å². The first-order chi connectivity index (χ1) is 12.2. The number of nitrogens with zero attached hydrogens (tertiary/aromatic N) is 2. The number of benzene rings is 1. The Kier molecular flexibility index (Phi) is 8.19. The zero-order valence-corrected chi connectivity index (χ0v) is 16.4. The van der Waals surface area contributed by atoms with Crippen LogP contribution in [0.3, 0.4) is 0 Å². The fourth-order valence-corrected chi connectivity index (χ4v) is 4.22. The molecule has 9 heteroatoms. The summed E-state index contributed by atoms with van der Waals surface area (Å²) in [6, 6.07) is 4.37. The van der Waals surface area contributed by atoms with Gasteiger partial charge in [0.15, 0.2) is 0 Å². The van der Waals surface area contributed by atoms with E-state index in [-0.39, 0.29) is 23.6 Å². The monoisotopic (exact) mass is 386 g/mol. The average molecular weight is 386 g/mol. The summed E-state index contributed by atoms with van der Waals surface area (Å²) in [6.07, 6.45) is 0. The quantitative estimate of drug-likeness (QED) is 0.648. The van der Waals surface area contributed by atoms with Gasteiger partial charge in [0.2, 0.25) is 10.0 Å². The third-order valence-electron chi connectivity index (χ3n) is 3.94. The molecule has 0 bridgehead atoms. The van der Waals surface area contributed by atoms with Gasteiger partial charge in [0, 0.05) is 32.3 Å². The number of hydrogen-bond donors (Lipinski definition) is 1. The summed E-state index contributed by atoms with van der Waals surface area (Å²) < 4.78 is 31.8. The fraction of sp³-hybridized carbons (Fsp3) is 0.529. The van der Waals surface area contributed by atoms with Crippen LogP contribution in [0.25, 0.3) is 0 Å². The first-order valence-electron chi connectivity index (χ1n) is 8.29. The maximum absolute atomic E-state index is 12.8. The van der Waals surface area contributed by atoms with Gasteiger partial charge in [-0.3, -0.25) is 9.59 Å². The maximum atomic E-state index is 12.8. The van der Waals surface area contributed by atoms with E-state index in [0.717, 1.165) is 4.90 Å². The van der Waals surface area contributed by atoms with E-state index in [1.54, 1.807) is 26.8 Å². The Labute approximate surface area is 154 Å². The lowest BCUT2D eigenvalue weighted by Gasteiger charge is -2.22. The van der Waals surface area contributed by atoms with Crippen LogP contribution < -0.4 is 0 Å². The second kappa shape index (κ2) is 9.65. The summed E-state index contributed by atoms with van der Waals surface area (Å²) in [7, 11) is -2.28. The highest BCUT2D eigenvalue weighted by atomic mass is 32.2. The van der Waals surface area contributed by atoms with Crippen LogP contribution in [0.5, 0.6) is 0 Å². The Morgan fingerprint density at radius 3 is 2.31 bits per heavy atom. The zero-order chi connectivity index (χ0) is 19.9. The molecule has 0 aliphatic rings. The Morgan fingerprint density at radius 2 is 1.81 bits per heavy atom. The molecule has 0 aromatic heterocycles. The van der Waals surface area contributed by atoms with Crippen molar-refractivity contribution in [2.75, 3.05) is 39.9 Å². The number of hydrogen-bond acceptors (Lipinski definition) is 5.